The molecule has 0 aromatic heterocycles. The summed E-state index contributed by atoms with van der Waals surface area (Å²) in [6, 6.07) is 0. The fraction of sp³-hybridized carbons (Fsp3) is 0.800. The molecular formula is C10H19NO4. The van der Waals surface area contributed by atoms with E-state index in [4.69, 9.17) is 9.47 Å². The van der Waals surface area contributed by atoms with Gasteiger partial charge in [0.1, 0.15) is 0 Å². The lowest BCUT2D eigenvalue weighted by Crippen LogP contribution is -2.37. The van der Waals surface area contributed by atoms with E-state index in [1.165, 1.54) is 0 Å². The largest absolute Gasteiger partial charge is 0.449 e. The van der Waals surface area contributed by atoms with Gasteiger partial charge in [0, 0.05) is 6.54 Å². The highest BCUT2D eigenvalue weighted by molar-refractivity contribution is 5.87. The molecular weight excluding hydrogens is 198 g/mol. The maximum Gasteiger partial charge on any atom is 0.419 e. The van der Waals surface area contributed by atoms with Crippen molar-refractivity contribution in [3.63, 3.8) is 0 Å². The molecule has 2 amide bonds. The zero-order chi connectivity index (χ0) is 11.7. The van der Waals surface area contributed by atoms with Gasteiger partial charge in [-0.15, -0.1) is 0 Å². The smallest absolute Gasteiger partial charge is 0.419 e. The third kappa shape index (κ3) is 5.24. The van der Waals surface area contributed by atoms with Gasteiger partial charge in [-0.2, -0.15) is 0 Å². The van der Waals surface area contributed by atoms with Gasteiger partial charge in [-0.25, -0.2) is 14.5 Å². The third-order valence-electron chi connectivity index (χ3n) is 1.62. The van der Waals surface area contributed by atoms with Crippen LogP contribution < -0.4 is 0 Å². The van der Waals surface area contributed by atoms with E-state index in [0.717, 1.165) is 17.7 Å². The Bertz CT molecular complexity index is 186. The van der Waals surface area contributed by atoms with Crippen molar-refractivity contribution in [1.29, 1.82) is 0 Å². The number of imide groups is 1. The second-order valence-corrected chi connectivity index (χ2v) is 2.97. The van der Waals surface area contributed by atoms with Crippen molar-refractivity contribution in [3.8, 4) is 0 Å². The quantitative estimate of drug-likeness (QED) is 0.709. The van der Waals surface area contributed by atoms with E-state index in [1.54, 1.807) is 6.92 Å². The van der Waals surface area contributed by atoms with Crippen molar-refractivity contribution in [3.05, 3.63) is 0 Å². The predicted octanol–water partition coefficient (Wildman–Crippen LogP) is 2.40. The molecule has 5 heteroatoms. The molecule has 0 heterocycles. The summed E-state index contributed by atoms with van der Waals surface area (Å²) in [6.45, 7) is 6.36. The SMILES string of the molecule is CCCOC(=O)N(CC)C(=O)OCCC. The third-order valence-corrected chi connectivity index (χ3v) is 1.62. The maximum absolute atomic E-state index is 11.3. The van der Waals surface area contributed by atoms with Crippen LogP contribution in [0.25, 0.3) is 0 Å². The molecule has 5 nitrogen and oxygen atoms in total. The molecule has 0 saturated carbocycles. The lowest BCUT2D eigenvalue weighted by atomic mass is 10.5. The van der Waals surface area contributed by atoms with E-state index in [1.807, 2.05) is 13.8 Å². The van der Waals surface area contributed by atoms with Crippen LogP contribution in [0.3, 0.4) is 0 Å². The summed E-state index contributed by atoms with van der Waals surface area (Å²) in [7, 11) is 0. The Morgan fingerprint density at radius 1 is 0.933 bits per heavy atom. The van der Waals surface area contributed by atoms with Crippen molar-refractivity contribution < 1.29 is 19.1 Å². The van der Waals surface area contributed by atoms with E-state index in [2.05, 4.69) is 0 Å². The lowest BCUT2D eigenvalue weighted by Gasteiger charge is -2.17. The predicted molar refractivity (Wildman–Crippen MR) is 55.7 cm³/mol. The first-order valence-corrected chi connectivity index (χ1v) is 5.28. The molecule has 0 aromatic carbocycles. The summed E-state index contributed by atoms with van der Waals surface area (Å²) >= 11 is 0. The summed E-state index contributed by atoms with van der Waals surface area (Å²) < 4.78 is 9.66. The number of nitrogens with zero attached hydrogens (tertiary/aromatic N) is 1. The van der Waals surface area contributed by atoms with E-state index in [0.29, 0.717) is 13.2 Å². The van der Waals surface area contributed by atoms with Gasteiger partial charge in [-0.05, 0) is 19.8 Å². The molecule has 15 heavy (non-hydrogen) atoms. The van der Waals surface area contributed by atoms with Gasteiger partial charge in [0.05, 0.1) is 13.2 Å². The molecule has 0 aliphatic heterocycles. The summed E-state index contributed by atoms with van der Waals surface area (Å²) in [6.07, 6.45) is 0.182. The van der Waals surface area contributed by atoms with Crippen LogP contribution in [-0.4, -0.2) is 36.8 Å². The Labute approximate surface area is 90.3 Å². The van der Waals surface area contributed by atoms with Crippen molar-refractivity contribution in [2.75, 3.05) is 19.8 Å². The van der Waals surface area contributed by atoms with E-state index in [9.17, 15) is 9.59 Å². The van der Waals surface area contributed by atoms with Crippen LogP contribution in [0.1, 0.15) is 33.6 Å². The standard InChI is InChI=1S/C10H19NO4/c1-4-7-14-9(12)11(6-3)10(13)15-8-5-2/h4-8H2,1-3H3. The molecule has 0 N–H and O–H groups in total. The molecule has 0 spiro atoms. The van der Waals surface area contributed by atoms with Crippen LogP contribution in [0.4, 0.5) is 9.59 Å². The van der Waals surface area contributed by atoms with Crippen LogP contribution in [-0.2, 0) is 9.47 Å². The molecule has 0 aromatic rings. The van der Waals surface area contributed by atoms with Gasteiger partial charge in [-0.1, -0.05) is 13.8 Å². The van der Waals surface area contributed by atoms with Gasteiger partial charge in [0.15, 0.2) is 0 Å². The average molecular weight is 217 g/mol. The molecule has 0 rings (SSSR count). The Kier molecular flexibility index (Phi) is 7.40. The highest BCUT2D eigenvalue weighted by atomic mass is 16.6. The van der Waals surface area contributed by atoms with Crippen LogP contribution in [0.2, 0.25) is 0 Å². The lowest BCUT2D eigenvalue weighted by molar-refractivity contribution is 0.0783. The zero-order valence-corrected chi connectivity index (χ0v) is 9.62. The Morgan fingerprint density at radius 2 is 1.33 bits per heavy atom. The van der Waals surface area contributed by atoms with Crippen LogP contribution in [0.5, 0.6) is 0 Å². The molecule has 0 saturated heterocycles. The molecule has 0 unspecified atom stereocenters. The number of rotatable bonds is 5. The minimum absolute atomic E-state index is 0.255. The second-order valence-electron chi connectivity index (χ2n) is 2.97. The minimum atomic E-state index is -0.638. The fourth-order valence-electron chi connectivity index (χ4n) is 0.867. The van der Waals surface area contributed by atoms with E-state index < -0.39 is 12.2 Å². The molecule has 88 valence electrons. The first-order chi connectivity index (χ1) is 7.17. The van der Waals surface area contributed by atoms with E-state index in [-0.39, 0.29) is 6.54 Å². The summed E-state index contributed by atoms with van der Waals surface area (Å²) in [5.74, 6) is 0. The molecule has 0 aliphatic carbocycles. The first-order valence-electron chi connectivity index (χ1n) is 5.28. The molecule has 0 aliphatic rings. The van der Waals surface area contributed by atoms with Crippen molar-refractivity contribution in [2.45, 2.75) is 33.6 Å². The molecule has 0 fully saturated rings. The maximum atomic E-state index is 11.3. The van der Waals surface area contributed by atoms with Gasteiger partial charge in [0.2, 0.25) is 0 Å². The molecule has 0 radical (unpaired) electrons. The normalized spacial score (nSPS) is 9.53. The van der Waals surface area contributed by atoms with Crippen molar-refractivity contribution >= 4 is 12.2 Å². The minimum Gasteiger partial charge on any atom is -0.449 e. The van der Waals surface area contributed by atoms with Crippen LogP contribution in [0.15, 0.2) is 0 Å². The topological polar surface area (TPSA) is 55.8 Å². The summed E-state index contributed by atoms with van der Waals surface area (Å²) in [4.78, 5) is 23.6. The first kappa shape index (κ1) is 13.7. The average Bonchev–Trinajstić information content (AvgIpc) is 2.24. The van der Waals surface area contributed by atoms with Crippen LogP contribution >= 0.6 is 0 Å². The highest BCUT2D eigenvalue weighted by Crippen LogP contribution is 1.99. The monoisotopic (exact) mass is 217 g/mol. The number of carbonyl (C=O) groups is 2. The van der Waals surface area contributed by atoms with Gasteiger partial charge in [-0.3, -0.25) is 0 Å². The van der Waals surface area contributed by atoms with Gasteiger partial charge >= 0.3 is 12.2 Å². The second kappa shape index (κ2) is 8.08. The van der Waals surface area contributed by atoms with Gasteiger partial charge in [0.25, 0.3) is 0 Å². The molecule has 0 bridgehead atoms. The number of ether oxygens (including phenoxy) is 2. The van der Waals surface area contributed by atoms with Crippen molar-refractivity contribution in [1.82, 2.24) is 4.90 Å². The zero-order valence-electron chi connectivity index (χ0n) is 9.62. The Hall–Kier alpha value is -1.26. The highest BCUT2D eigenvalue weighted by Gasteiger charge is 2.21. The molecule has 0 atom stereocenters. The summed E-state index contributed by atoms with van der Waals surface area (Å²) in [5, 5.41) is 0. The Morgan fingerprint density at radius 3 is 1.60 bits per heavy atom. The fourth-order valence-corrected chi connectivity index (χ4v) is 0.867. The van der Waals surface area contributed by atoms with Crippen molar-refractivity contribution in [2.24, 2.45) is 0 Å². The number of amides is 2. The number of hydrogen-bond donors (Lipinski definition) is 0. The van der Waals surface area contributed by atoms with E-state index >= 15 is 0 Å². The number of carbonyl (C=O) groups excluding carboxylic acids is 2. The summed E-state index contributed by atoms with van der Waals surface area (Å²) in [5.41, 5.74) is 0. The van der Waals surface area contributed by atoms with Gasteiger partial charge < -0.3 is 9.47 Å². The Balaban J connectivity index is 4.09. The number of hydrogen-bond acceptors (Lipinski definition) is 4. The van der Waals surface area contributed by atoms with Crippen LogP contribution in [0, 0.1) is 0 Å².